The summed E-state index contributed by atoms with van der Waals surface area (Å²) in [6.45, 7) is 4.80. The highest BCUT2D eigenvalue weighted by Crippen LogP contribution is 2.33. The van der Waals surface area contributed by atoms with Crippen LogP contribution in [0.2, 0.25) is 0 Å². The van der Waals surface area contributed by atoms with Gasteiger partial charge in [-0.25, -0.2) is 4.98 Å². The number of rotatable bonds is 5. The molecule has 132 valence electrons. The fourth-order valence-corrected chi connectivity index (χ4v) is 4.86. The molecule has 0 spiro atoms. The summed E-state index contributed by atoms with van der Waals surface area (Å²) in [5.41, 5.74) is 1.03. The van der Waals surface area contributed by atoms with Crippen LogP contribution in [0.25, 0.3) is 10.8 Å². The molecule has 4 heterocycles. The maximum atomic E-state index is 10.5. The monoisotopic (exact) mass is 374 g/mol. The highest BCUT2D eigenvalue weighted by Gasteiger charge is 2.27. The van der Waals surface area contributed by atoms with Crippen LogP contribution in [0.15, 0.2) is 39.4 Å². The summed E-state index contributed by atoms with van der Waals surface area (Å²) in [5, 5.41) is 14.6. The van der Waals surface area contributed by atoms with Crippen molar-refractivity contribution >= 4 is 22.7 Å². The molecule has 0 amide bonds. The van der Waals surface area contributed by atoms with Gasteiger partial charge in [0.1, 0.15) is 5.76 Å². The zero-order valence-corrected chi connectivity index (χ0v) is 15.9. The molecule has 1 saturated heterocycles. The van der Waals surface area contributed by atoms with E-state index in [1.165, 1.54) is 0 Å². The molecule has 0 unspecified atom stereocenters. The number of hydrogen-bond donors (Lipinski definition) is 1. The van der Waals surface area contributed by atoms with Crippen LogP contribution >= 0.6 is 22.7 Å². The largest absolute Gasteiger partial charge is 0.440 e. The van der Waals surface area contributed by atoms with Crippen molar-refractivity contribution in [2.75, 3.05) is 13.1 Å². The van der Waals surface area contributed by atoms with E-state index in [0.29, 0.717) is 5.92 Å². The van der Waals surface area contributed by atoms with E-state index in [9.17, 15) is 5.11 Å². The van der Waals surface area contributed by atoms with Gasteiger partial charge in [0.15, 0.2) is 0 Å². The first-order valence-electron chi connectivity index (χ1n) is 8.64. The maximum absolute atomic E-state index is 10.5. The summed E-state index contributed by atoms with van der Waals surface area (Å²) >= 11 is 3.30. The van der Waals surface area contributed by atoms with Crippen molar-refractivity contribution in [2.45, 2.75) is 32.4 Å². The summed E-state index contributed by atoms with van der Waals surface area (Å²) in [5.74, 6) is 1.99. The lowest BCUT2D eigenvalue weighted by Gasteiger charge is -2.33. The Labute approximate surface area is 155 Å². The molecule has 0 aromatic carbocycles. The molecule has 6 heteroatoms. The van der Waals surface area contributed by atoms with Crippen LogP contribution in [0.1, 0.15) is 35.3 Å². The van der Waals surface area contributed by atoms with E-state index >= 15 is 0 Å². The van der Waals surface area contributed by atoms with Crippen LogP contribution < -0.4 is 0 Å². The van der Waals surface area contributed by atoms with Crippen molar-refractivity contribution in [3.05, 3.63) is 51.4 Å². The third-order valence-electron chi connectivity index (χ3n) is 4.91. The fourth-order valence-electron chi connectivity index (χ4n) is 3.41. The van der Waals surface area contributed by atoms with Gasteiger partial charge in [-0.1, -0.05) is 12.1 Å². The van der Waals surface area contributed by atoms with Gasteiger partial charge < -0.3 is 9.52 Å². The lowest BCUT2D eigenvalue weighted by atomic mass is 9.90. The number of aliphatic hydroxyl groups excluding tert-OH is 1. The Morgan fingerprint density at radius 3 is 2.68 bits per heavy atom. The average Bonchev–Trinajstić information content (AvgIpc) is 3.38. The van der Waals surface area contributed by atoms with Crippen molar-refractivity contribution in [1.29, 1.82) is 0 Å². The summed E-state index contributed by atoms with van der Waals surface area (Å²) in [4.78, 5) is 9.28. The molecular weight excluding hydrogens is 352 g/mol. The normalized spacial score (nSPS) is 17.8. The van der Waals surface area contributed by atoms with Crippen molar-refractivity contribution < 1.29 is 9.52 Å². The number of aromatic nitrogens is 1. The van der Waals surface area contributed by atoms with Gasteiger partial charge in [-0.3, -0.25) is 4.90 Å². The Hall–Kier alpha value is -1.47. The average molecular weight is 375 g/mol. The van der Waals surface area contributed by atoms with Crippen LogP contribution in [0.3, 0.4) is 0 Å². The minimum Gasteiger partial charge on any atom is -0.440 e. The van der Waals surface area contributed by atoms with Crippen LogP contribution in [0, 0.1) is 12.8 Å². The summed E-state index contributed by atoms with van der Waals surface area (Å²) in [6, 6.07) is 8.10. The molecule has 25 heavy (non-hydrogen) atoms. The highest BCUT2D eigenvalue weighted by molar-refractivity contribution is 7.13. The number of aryl methyl sites for hydroxylation is 1. The number of thiophene rings is 2. The predicted molar refractivity (Wildman–Crippen MR) is 102 cm³/mol. The van der Waals surface area contributed by atoms with Crippen LogP contribution in [0.5, 0.6) is 0 Å². The predicted octanol–water partition coefficient (Wildman–Crippen LogP) is 4.72. The smallest absolute Gasteiger partial charge is 0.236 e. The van der Waals surface area contributed by atoms with Crippen molar-refractivity contribution in [3.63, 3.8) is 0 Å². The third kappa shape index (κ3) is 3.72. The lowest BCUT2D eigenvalue weighted by molar-refractivity contribution is 0.0586. The number of aliphatic hydroxyl groups is 1. The zero-order valence-electron chi connectivity index (χ0n) is 14.2. The first kappa shape index (κ1) is 17.0. The lowest BCUT2D eigenvalue weighted by Crippen LogP contribution is -2.35. The van der Waals surface area contributed by atoms with E-state index in [1.54, 1.807) is 22.7 Å². The first-order chi connectivity index (χ1) is 12.2. The first-order valence-corrected chi connectivity index (χ1v) is 10.4. The third-order valence-corrected chi connectivity index (χ3v) is 6.71. The molecule has 3 aromatic rings. The molecule has 0 radical (unpaired) electrons. The van der Waals surface area contributed by atoms with Gasteiger partial charge in [-0.2, -0.15) is 0 Å². The second-order valence-corrected chi connectivity index (χ2v) is 8.50. The van der Waals surface area contributed by atoms with Crippen LogP contribution in [-0.4, -0.2) is 28.1 Å². The van der Waals surface area contributed by atoms with Crippen LogP contribution in [0.4, 0.5) is 0 Å². The molecule has 1 N–H and O–H groups in total. The van der Waals surface area contributed by atoms with Gasteiger partial charge in [-0.15, -0.1) is 22.7 Å². The molecular formula is C19H22N2O2S2. The van der Waals surface area contributed by atoms with Gasteiger partial charge in [0.2, 0.25) is 5.89 Å². The van der Waals surface area contributed by atoms with Crippen molar-refractivity contribution in [3.8, 4) is 10.8 Å². The molecule has 1 aliphatic heterocycles. The van der Waals surface area contributed by atoms with Gasteiger partial charge in [0.05, 0.1) is 16.7 Å². The molecule has 1 fully saturated rings. The summed E-state index contributed by atoms with van der Waals surface area (Å²) < 4.78 is 5.84. The van der Waals surface area contributed by atoms with Gasteiger partial charge in [-0.05, 0) is 61.7 Å². The highest BCUT2D eigenvalue weighted by atomic mass is 32.1. The fraction of sp³-hybridized carbons (Fsp3) is 0.421. The van der Waals surface area contributed by atoms with Gasteiger partial charge >= 0.3 is 0 Å². The molecule has 1 atom stereocenters. The van der Waals surface area contributed by atoms with E-state index in [1.807, 2.05) is 41.9 Å². The molecule has 1 aliphatic rings. The summed E-state index contributed by atoms with van der Waals surface area (Å²) in [6.07, 6.45) is 1.72. The summed E-state index contributed by atoms with van der Waals surface area (Å²) in [7, 11) is 0. The Morgan fingerprint density at radius 1 is 1.24 bits per heavy atom. The quantitative estimate of drug-likeness (QED) is 0.702. The second kappa shape index (κ2) is 7.41. The number of oxazole rings is 1. The molecule has 3 aromatic heterocycles. The van der Waals surface area contributed by atoms with Crippen molar-refractivity contribution in [1.82, 2.24) is 9.88 Å². The van der Waals surface area contributed by atoms with E-state index < -0.39 is 0 Å². The molecule has 4 rings (SSSR count). The van der Waals surface area contributed by atoms with E-state index in [-0.39, 0.29) is 6.10 Å². The van der Waals surface area contributed by atoms with Gasteiger partial charge in [0, 0.05) is 11.4 Å². The van der Waals surface area contributed by atoms with Crippen LogP contribution in [-0.2, 0) is 6.54 Å². The van der Waals surface area contributed by atoms with E-state index in [0.717, 1.165) is 59.6 Å². The SMILES string of the molecule is Cc1oc(-c2cccs2)nc1CN1CCC([C@@H](O)c2cccs2)CC1. The minimum atomic E-state index is -0.318. The number of likely N-dealkylation sites (tertiary alicyclic amines) is 1. The molecule has 4 nitrogen and oxygen atoms in total. The standard InChI is InChI=1S/C19H22N2O2S2/c1-13-15(20-19(23-13)17-5-3-11-25-17)12-21-8-6-14(7-9-21)18(22)16-4-2-10-24-16/h2-5,10-11,14,18,22H,6-9,12H2,1H3/t18-/m1/s1. The second-order valence-electron chi connectivity index (χ2n) is 6.57. The Balaban J connectivity index is 1.36. The van der Waals surface area contributed by atoms with E-state index in [4.69, 9.17) is 9.40 Å². The van der Waals surface area contributed by atoms with E-state index in [2.05, 4.69) is 4.90 Å². The number of piperidine rings is 1. The number of nitrogens with zero attached hydrogens (tertiary/aromatic N) is 2. The Bertz CT molecular complexity index is 788. The van der Waals surface area contributed by atoms with Crippen molar-refractivity contribution in [2.24, 2.45) is 5.92 Å². The molecule has 0 bridgehead atoms. The number of hydrogen-bond acceptors (Lipinski definition) is 6. The zero-order chi connectivity index (χ0) is 17.2. The van der Waals surface area contributed by atoms with Gasteiger partial charge in [0.25, 0.3) is 0 Å². The minimum absolute atomic E-state index is 0.318. The molecule has 0 saturated carbocycles. The Morgan fingerprint density at radius 2 is 2.00 bits per heavy atom. The molecule has 0 aliphatic carbocycles. The Kier molecular flexibility index (Phi) is 5.03. The topological polar surface area (TPSA) is 49.5 Å². The maximum Gasteiger partial charge on any atom is 0.236 e.